The van der Waals surface area contributed by atoms with E-state index in [9.17, 15) is 14.4 Å². The lowest BCUT2D eigenvalue weighted by Crippen LogP contribution is -2.43. The molecule has 0 aliphatic rings. The number of carboxylic acid groups (broad SMARTS) is 1. The third-order valence-electron chi connectivity index (χ3n) is 3.48. The van der Waals surface area contributed by atoms with Crippen molar-refractivity contribution in [3.8, 4) is 0 Å². The molecule has 0 spiro atoms. The maximum Gasteiger partial charge on any atom is 0.326 e. The van der Waals surface area contributed by atoms with E-state index in [-0.39, 0.29) is 6.42 Å². The fourth-order valence-electron chi connectivity index (χ4n) is 2.08. The molecule has 0 aliphatic heterocycles. The molecule has 22 heavy (non-hydrogen) atoms. The molecule has 1 rings (SSSR count). The molecule has 0 aliphatic carbocycles. The van der Waals surface area contributed by atoms with Crippen molar-refractivity contribution < 1.29 is 19.5 Å². The Bertz CT molecular complexity index is 569. The van der Waals surface area contributed by atoms with E-state index in [1.54, 1.807) is 0 Å². The van der Waals surface area contributed by atoms with Crippen LogP contribution in [0.1, 0.15) is 36.0 Å². The summed E-state index contributed by atoms with van der Waals surface area (Å²) in [6.07, 6.45) is 1.15. The lowest BCUT2D eigenvalue weighted by Gasteiger charge is -2.12. The zero-order valence-electron chi connectivity index (χ0n) is 12.9. The van der Waals surface area contributed by atoms with Crippen molar-refractivity contribution in [3.63, 3.8) is 0 Å². The summed E-state index contributed by atoms with van der Waals surface area (Å²) in [6.45, 7) is 4.07. The van der Waals surface area contributed by atoms with E-state index >= 15 is 0 Å². The predicted molar refractivity (Wildman–Crippen MR) is 82.2 cm³/mol. The van der Waals surface area contributed by atoms with E-state index in [0.29, 0.717) is 6.42 Å². The number of benzene rings is 1. The highest BCUT2D eigenvalue weighted by Gasteiger charge is 2.21. The Hall–Kier alpha value is -2.37. The van der Waals surface area contributed by atoms with Crippen LogP contribution in [-0.4, -0.2) is 28.9 Å². The van der Waals surface area contributed by atoms with Crippen molar-refractivity contribution in [1.82, 2.24) is 5.32 Å². The Morgan fingerprint density at radius 3 is 2.45 bits per heavy atom. The number of aliphatic carboxylic acids is 1. The van der Waals surface area contributed by atoms with E-state index in [1.165, 1.54) is 11.1 Å². The molecule has 1 unspecified atom stereocenters. The van der Waals surface area contributed by atoms with Crippen molar-refractivity contribution in [1.29, 1.82) is 0 Å². The van der Waals surface area contributed by atoms with E-state index in [1.807, 2.05) is 26.0 Å². The second-order valence-electron chi connectivity index (χ2n) is 5.40. The normalized spacial score (nSPS) is 11.7. The summed E-state index contributed by atoms with van der Waals surface area (Å²) >= 11 is 0. The summed E-state index contributed by atoms with van der Waals surface area (Å²) in [5.74, 6) is -2.42. The van der Waals surface area contributed by atoms with Gasteiger partial charge in [-0.05, 0) is 43.4 Å². The van der Waals surface area contributed by atoms with Gasteiger partial charge in [0.1, 0.15) is 6.04 Å². The molecule has 0 saturated heterocycles. The first-order chi connectivity index (χ1) is 10.3. The van der Waals surface area contributed by atoms with Gasteiger partial charge in [-0.1, -0.05) is 18.2 Å². The molecule has 1 atom stereocenters. The van der Waals surface area contributed by atoms with E-state index in [0.717, 1.165) is 12.0 Å². The van der Waals surface area contributed by atoms with E-state index in [2.05, 4.69) is 11.4 Å². The van der Waals surface area contributed by atoms with Gasteiger partial charge in [-0.3, -0.25) is 9.59 Å². The molecule has 1 aromatic carbocycles. The molecule has 0 heterocycles. The maximum atomic E-state index is 11.7. The molecule has 4 N–H and O–H groups in total. The molecule has 6 nitrogen and oxygen atoms in total. The quantitative estimate of drug-likeness (QED) is 0.667. The first-order valence-electron chi connectivity index (χ1n) is 7.16. The Morgan fingerprint density at radius 1 is 1.23 bits per heavy atom. The maximum absolute atomic E-state index is 11.7. The van der Waals surface area contributed by atoms with Crippen LogP contribution in [0, 0.1) is 13.8 Å². The van der Waals surface area contributed by atoms with Crippen LogP contribution in [0.25, 0.3) is 0 Å². The molecule has 120 valence electrons. The summed E-state index contributed by atoms with van der Waals surface area (Å²) < 4.78 is 0. The number of hydrogen-bond acceptors (Lipinski definition) is 3. The van der Waals surface area contributed by atoms with Gasteiger partial charge >= 0.3 is 5.97 Å². The van der Waals surface area contributed by atoms with Gasteiger partial charge in [0.25, 0.3) is 0 Å². The first kappa shape index (κ1) is 17.7. The minimum atomic E-state index is -1.26. The highest BCUT2D eigenvalue weighted by Crippen LogP contribution is 2.12. The first-order valence-corrected chi connectivity index (χ1v) is 7.16. The zero-order valence-corrected chi connectivity index (χ0v) is 12.9. The molecular weight excluding hydrogens is 284 g/mol. The van der Waals surface area contributed by atoms with Gasteiger partial charge in [-0.25, -0.2) is 4.79 Å². The minimum absolute atomic E-state index is 0.204. The lowest BCUT2D eigenvalue weighted by molar-refractivity contribution is -0.143. The van der Waals surface area contributed by atoms with Crippen LogP contribution < -0.4 is 11.1 Å². The molecule has 0 fully saturated rings. The van der Waals surface area contributed by atoms with E-state index in [4.69, 9.17) is 10.8 Å². The molecular formula is C16H22N2O4. The monoisotopic (exact) mass is 306 g/mol. The Balaban J connectivity index is 2.43. The second kappa shape index (κ2) is 8.17. The third-order valence-corrected chi connectivity index (χ3v) is 3.48. The smallest absolute Gasteiger partial charge is 0.326 e. The SMILES string of the molecule is Cc1ccc(CCCC(=O)NC(CC(N)=O)C(=O)O)cc1C. The number of amides is 2. The standard InChI is InChI=1S/C16H22N2O4/c1-10-6-7-12(8-11(10)2)4-3-5-15(20)18-13(16(21)22)9-14(17)19/h6-8,13H,3-5,9H2,1-2H3,(H2,17,19)(H,18,20)(H,21,22). The number of carbonyl (C=O) groups excluding carboxylic acids is 2. The van der Waals surface area contributed by atoms with Gasteiger partial charge in [0.2, 0.25) is 11.8 Å². The summed E-state index contributed by atoms with van der Waals surface area (Å²) in [4.78, 5) is 33.4. The van der Waals surface area contributed by atoms with Crippen LogP contribution in [0.15, 0.2) is 18.2 Å². The molecule has 0 aromatic heterocycles. The Labute approximate surface area is 129 Å². The van der Waals surface area contributed by atoms with Crippen LogP contribution in [-0.2, 0) is 20.8 Å². The predicted octanol–water partition coefficient (Wildman–Crippen LogP) is 1.07. The van der Waals surface area contributed by atoms with Gasteiger partial charge in [0.15, 0.2) is 0 Å². The molecule has 0 radical (unpaired) electrons. The Morgan fingerprint density at radius 2 is 1.91 bits per heavy atom. The summed E-state index contributed by atoms with van der Waals surface area (Å²) in [5, 5.41) is 11.2. The molecule has 0 bridgehead atoms. The lowest BCUT2D eigenvalue weighted by atomic mass is 10.0. The number of rotatable bonds is 8. The Kier molecular flexibility index (Phi) is 6.56. The van der Waals surface area contributed by atoms with Crippen LogP contribution in [0.4, 0.5) is 0 Å². The summed E-state index contributed by atoms with van der Waals surface area (Å²) in [6, 6.07) is 4.89. The van der Waals surface area contributed by atoms with Gasteiger partial charge in [0, 0.05) is 6.42 Å². The van der Waals surface area contributed by atoms with Crippen molar-refractivity contribution in [2.75, 3.05) is 0 Å². The van der Waals surface area contributed by atoms with Crippen molar-refractivity contribution in [3.05, 3.63) is 34.9 Å². The fourth-order valence-corrected chi connectivity index (χ4v) is 2.08. The average molecular weight is 306 g/mol. The van der Waals surface area contributed by atoms with Crippen LogP contribution in [0.3, 0.4) is 0 Å². The van der Waals surface area contributed by atoms with Gasteiger partial charge in [0.05, 0.1) is 6.42 Å². The van der Waals surface area contributed by atoms with Crippen LogP contribution in [0.5, 0.6) is 0 Å². The molecule has 6 heteroatoms. The van der Waals surface area contributed by atoms with Crippen molar-refractivity contribution in [2.45, 2.75) is 45.6 Å². The van der Waals surface area contributed by atoms with Gasteiger partial charge < -0.3 is 16.2 Å². The molecule has 2 amide bonds. The van der Waals surface area contributed by atoms with Gasteiger partial charge in [-0.2, -0.15) is 0 Å². The molecule has 0 saturated carbocycles. The summed E-state index contributed by atoms with van der Waals surface area (Å²) in [5.41, 5.74) is 8.52. The summed E-state index contributed by atoms with van der Waals surface area (Å²) in [7, 11) is 0. The highest BCUT2D eigenvalue weighted by atomic mass is 16.4. The van der Waals surface area contributed by atoms with Crippen molar-refractivity contribution in [2.24, 2.45) is 5.73 Å². The van der Waals surface area contributed by atoms with Crippen LogP contribution in [0.2, 0.25) is 0 Å². The number of carboxylic acids is 1. The number of carbonyl (C=O) groups is 3. The molecule has 1 aromatic rings. The van der Waals surface area contributed by atoms with Gasteiger partial charge in [-0.15, -0.1) is 0 Å². The van der Waals surface area contributed by atoms with Crippen LogP contribution >= 0.6 is 0 Å². The number of hydrogen-bond donors (Lipinski definition) is 3. The highest BCUT2D eigenvalue weighted by molar-refractivity contribution is 5.88. The second-order valence-corrected chi connectivity index (χ2v) is 5.40. The topological polar surface area (TPSA) is 109 Å². The number of primary amides is 1. The fraction of sp³-hybridized carbons (Fsp3) is 0.438. The largest absolute Gasteiger partial charge is 0.480 e. The van der Waals surface area contributed by atoms with E-state index < -0.39 is 30.2 Å². The van der Waals surface area contributed by atoms with Crippen molar-refractivity contribution >= 4 is 17.8 Å². The third kappa shape index (κ3) is 5.95. The minimum Gasteiger partial charge on any atom is -0.480 e. The number of nitrogens with two attached hydrogens (primary N) is 1. The number of aryl methyl sites for hydroxylation is 3. The average Bonchev–Trinajstić information content (AvgIpc) is 2.41. The number of nitrogens with one attached hydrogen (secondary N) is 1. The zero-order chi connectivity index (χ0) is 16.7.